The number of aryl methyl sites for hydroxylation is 1. The van der Waals surface area contributed by atoms with Crippen molar-refractivity contribution in [1.29, 1.82) is 0 Å². The second-order valence-corrected chi connectivity index (χ2v) is 7.75. The van der Waals surface area contributed by atoms with Gasteiger partial charge < -0.3 is 20.3 Å². The smallest absolute Gasteiger partial charge is 0.374 e. The molecule has 1 aromatic rings. The first kappa shape index (κ1) is 25.3. The number of halogens is 3. The highest BCUT2D eigenvalue weighted by atomic mass is 19.4. The fraction of sp³-hybridized carbons (Fsp3) is 0.800. The molecule has 1 aromatic heterocycles. The molecule has 0 saturated carbocycles. The molecule has 0 aliphatic rings. The van der Waals surface area contributed by atoms with E-state index in [2.05, 4.69) is 34.5 Å². The number of aromatic nitrogens is 2. The van der Waals surface area contributed by atoms with Crippen molar-refractivity contribution >= 4 is 5.96 Å². The minimum atomic E-state index is -4.83. The minimum Gasteiger partial charge on any atom is -0.374 e. The van der Waals surface area contributed by atoms with Crippen LogP contribution in [0.2, 0.25) is 0 Å². The third kappa shape index (κ3) is 8.24. The molecule has 0 bridgehead atoms. The SMILES string of the molecule is CCNC(=NCCCCCCC(C)C)NCCC(O)(c1nccn1C)C(F)(F)F. The number of aliphatic imine (C=N–C) groups is 1. The van der Waals surface area contributed by atoms with Crippen LogP contribution in [-0.2, 0) is 12.6 Å². The van der Waals surface area contributed by atoms with E-state index in [0.29, 0.717) is 19.0 Å². The molecule has 0 saturated heterocycles. The Morgan fingerprint density at radius 3 is 2.45 bits per heavy atom. The molecular formula is C20H36F3N5O. The zero-order valence-corrected chi connectivity index (χ0v) is 18.0. The summed E-state index contributed by atoms with van der Waals surface area (Å²) in [5, 5.41) is 16.3. The van der Waals surface area contributed by atoms with Crippen LogP contribution >= 0.6 is 0 Å². The highest BCUT2D eigenvalue weighted by Crippen LogP contribution is 2.40. The number of nitrogens with one attached hydrogen (secondary N) is 2. The third-order valence-corrected chi connectivity index (χ3v) is 4.74. The molecule has 1 unspecified atom stereocenters. The first-order valence-corrected chi connectivity index (χ1v) is 10.4. The van der Waals surface area contributed by atoms with Gasteiger partial charge in [0, 0.05) is 45.5 Å². The Balaban J connectivity index is 2.56. The molecule has 1 atom stereocenters. The van der Waals surface area contributed by atoms with Gasteiger partial charge in [-0.2, -0.15) is 13.2 Å². The van der Waals surface area contributed by atoms with Crippen LogP contribution in [0.5, 0.6) is 0 Å². The van der Waals surface area contributed by atoms with Crippen molar-refractivity contribution in [1.82, 2.24) is 20.2 Å². The molecule has 1 heterocycles. The molecule has 168 valence electrons. The van der Waals surface area contributed by atoms with Crippen molar-refractivity contribution in [2.75, 3.05) is 19.6 Å². The Bertz CT molecular complexity index is 616. The number of rotatable bonds is 12. The lowest BCUT2D eigenvalue weighted by Crippen LogP contribution is -2.48. The van der Waals surface area contributed by atoms with E-state index in [0.717, 1.165) is 18.8 Å². The summed E-state index contributed by atoms with van der Waals surface area (Å²) in [4.78, 5) is 8.12. The number of nitrogens with zero attached hydrogens (tertiary/aromatic N) is 3. The van der Waals surface area contributed by atoms with Gasteiger partial charge in [-0.1, -0.05) is 39.5 Å². The van der Waals surface area contributed by atoms with Gasteiger partial charge in [0.05, 0.1) is 0 Å². The maximum absolute atomic E-state index is 13.5. The van der Waals surface area contributed by atoms with Gasteiger partial charge in [-0.3, -0.25) is 4.99 Å². The van der Waals surface area contributed by atoms with E-state index < -0.39 is 24.0 Å². The Kier molecular flexibility index (Phi) is 10.5. The molecule has 3 N–H and O–H groups in total. The van der Waals surface area contributed by atoms with E-state index >= 15 is 0 Å². The van der Waals surface area contributed by atoms with Crippen LogP contribution in [0.15, 0.2) is 17.4 Å². The highest BCUT2D eigenvalue weighted by molar-refractivity contribution is 5.79. The number of hydrogen-bond acceptors (Lipinski definition) is 3. The van der Waals surface area contributed by atoms with Gasteiger partial charge in [0.2, 0.25) is 5.60 Å². The summed E-state index contributed by atoms with van der Waals surface area (Å²) in [6.07, 6.45) is 2.85. The lowest BCUT2D eigenvalue weighted by Gasteiger charge is -2.30. The van der Waals surface area contributed by atoms with Gasteiger partial charge in [0.1, 0.15) is 5.82 Å². The summed E-state index contributed by atoms with van der Waals surface area (Å²) in [6, 6.07) is 0. The van der Waals surface area contributed by atoms with E-state index in [9.17, 15) is 18.3 Å². The number of aliphatic hydroxyl groups is 1. The van der Waals surface area contributed by atoms with Crippen LogP contribution < -0.4 is 10.6 Å². The number of alkyl halides is 3. The fourth-order valence-electron chi connectivity index (χ4n) is 3.06. The molecule has 9 heteroatoms. The monoisotopic (exact) mass is 419 g/mol. The lowest BCUT2D eigenvalue weighted by molar-refractivity contribution is -0.272. The molecule has 0 aliphatic heterocycles. The molecular weight excluding hydrogens is 383 g/mol. The van der Waals surface area contributed by atoms with Gasteiger partial charge in [-0.05, 0) is 19.3 Å². The second-order valence-electron chi connectivity index (χ2n) is 7.75. The minimum absolute atomic E-state index is 0.0942. The van der Waals surface area contributed by atoms with Crippen molar-refractivity contribution < 1.29 is 18.3 Å². The lowest BCUT2D eigenvalue weighted by atomic mass is 9.97. The van der Waals surface area contributed by atoms with Crippen molar-refractivity contribution in [2.45, 2.75) is 71.1 Å². The fourth-order valence-corrected chi connectivity index (χ4v) is 3.06. The Hall–Kier alpha value is -1.77. The number of imidazole rings is 1. The van der Waals surface area contributed by atoms with E-state index in [1.54, 1.807) is 0 Å². The summed E-state index contributed by atoms with van der Waals surface area (Å²) in [5.74, 6) is 0.757. The van der Waals surface area contributed by atoms with Crippen LogP contribution in [0, 0.1) is 5.92 Å². The molecule has 0 fully saturated rings. The molecule has 0 aromatic carbocycles. The molecule has 0 amide bonds. The molecule has 6 nitrogen and oxygen atoms in total. The van der Waals surface area contributed by atoms with Crippen molar-refractivity contribution in [2.24, 2.45) is 18.0 Å². The molecule has 0 aliphatic carbocycles. The van der Waals surface area contributed by atoms with Gasteiger partial charge >= 0.3 is 6.18 Å². The quantitative estimate of drug-likeness (QED) is 0.274. The van der Waals surface area contributed by atoms with E-state index in [-0.39, 0.29) is 6.54 Å². The van der Waals surface area contributed by atoms with Crippen molar-refractivity contribution in [3.63, 3.8) is 0 Å². The summed E-state index contributed by atoms with van der Waals surface area (Å²) in [6.45, 7) is 7.44. The Morgan fingerprint density at radius 1 is 1.21 bits per heavy atom. The largest absolute Gasteiger partial charge is 0.424 e. The number of hydrogen-bond donors (Lipinski definition) is 3. The van der Waals surface area contributed by atoms with Crippen molar-refractivity contribution in [3.8, 4) is 0 Å². The average Bonchev–Trinajstić information content (AvgIpc) is 3.06. The molecule has 1 rings (SSSR count). The van der Waals surface area contributed by atoms with Crippen molar-refractivity contribution in [3.05, 3.63) is 18.2 Å². The number of unbranched alkanes of at least 4 members (excludes halogenated alkanes) is 3. The normalized spacial score (nSPS) is 14.9. The predicted molar refractivity (Wildman–Crippen MR) is 110 cm³/mol. The van der Waals surface area contributed by atoms with E-state index in [1.807, 2.05) is 6.92 Å². The topological polar surface area (TPSA) is 74.5 Å². The summed E-state index contributed by atoms with van der Waals surface area (Å²) >= 11 is 0. The van der Waals surface area contributed by atoms with Crippen LogP contribution in [0.1, 0.15) is 65.1 Å². The van der Waals surface area contributed by atoms with Gasteiger partial charge in [-0.15, -0.1) is 0 Å². The average molecular weight is 420 g/mol. The predicted octanol–water partition coefficient (Wildman–Crippen LogP) is 3.72. The second kappa shape index (κ2) is 12.0. The summed E-state index contributed by atoms with van der Waals surface area (Å²) in [7, 11) is 1.43. The molecule has 29 heavy (non-hydrogen) atoms. The third-order valence-electron chi connectivity index (χ3n) is 4.74. The first-order valence-electron chi connectivity index (χ1n) is 10.4. The van der Waals surface area contributed by atoms with Crippen LogP contribution in [0.25, 0.3) is 0 Å². The zero-order valence-electron chi connectivity index (χ0n) is 18.0. The van der Waals surface area contributed by atoms with Crippen LogP contribution in [0.4, 0.5) is 13.2 Å². The highest BCUT2D eigenvalue weighted by Gasteiger charge is 2.57. The van der Waals surface area contributed by atoms with Gasteiger partial charge in [0.15, 0.2) is 5.96 Å². The first-order chi connectivity index (χ1) is 13.6. The van der Waals surface area contributed by atoms with Gasteiger partial charge in [-0.25, -0.2) is 4.98 Å². The summed E-state index contributed by atoms with van der Waals surface area (Å²) in [5.41, 5.74) is -3.02. The van der Waals surface area contributed by atoms with Crippen LogP contribution in [-0.4, -0.2) is 46.4 Å². The standard InChI is InChI=1S/C20H36F3N5O/c1-5-24-18(26-12-9-7-6-8-10-16(2)3)27-13-11-19(29,20(21,22)23)17-25-14-15-28(17)4/h14-16,29H,5-13H2,1-4H3,(H2,24,26,27). The Morgan fingerprint density at radius 2 is 1.90 bits per heavy atom. The van der Waals surface area contributed by atoms with E-state index in [1.165, 1.54) is 43.3 Å². The molecule has 0 radical (unpaired) electrons. The zero-order chi connectivity index (χ0) is 21.9. The number of guanidine groups is 1. The van der Waals surface area contributed by atoms with Gasteiger partial charge in [0.25, 0.3) is 0 Å². The van der Waals surface area contributed by atoms with Crippen LogP contribution in [0.3, 0.4) is 0 Å². The molecule has 0 spiro atoms. The maximum Gasteiger partial charge on any atom is 0.424 e. The summed E-state index contributed by atoms with van der Waals surface area (Å²) < 4.78 is 41.8. The Labute approximate surface area is 172 Å². The maximum atomic E-state index is 13.5. The van der Waals surface area contributed by atoms with E-state index in [4.69, 9.17) is 0 Å².